The third-order valence-electron chi connectivity index (χ3n) is 5.05. The number of hydrogen-bond acceptors (Lipinski definition) is 9. The molecule has 0 spiro atoms. The molecule has 0 aliphatic carbocycles. The summed E-state index contributed by atoms with van der Waals surface area (Å²) in [5.74, 6) is 0.993. The Morgan fingerprint density at radius 3 is 2.49 bits per heavy atom. The molecule has 1 aromatic carbocycles. The van der Waals surface area contributed by atoms with Crippen LogP contribution in [0.3, 0.4) is 0 Å². The first-order valence-electron chi connectivity index (χ1n) is 10.5. The maximum Gasteiger partial charge on any atom is 0.266 e. The lowest BCUT2D eigenvalue weighted by molar-refractivity contribution is -0.116. The summed E-state index contributed by atoms with van der Waals surface area (Å²) < 4.78 is 17.1. The molecule has 0 atom stereocenters. The van der Waals surface area contributed by atoms with Crippen molar-refractivity contribution in [3.05, 3.63) is 52.9 Å². The molecule has 3 aromatic heterocycles. The van der Waals surface area contributed by atoms with Gasteiger partial charge in [-0.2, -0.15) is 10.1 Å². The van der Waals surface area contributed by atoms with Gasteiger partial charge < -0.3 is 24.8 Å². The predicted octanol–water partition coefficient (Wildman–Crippen LogP) is 3.25. The molecule has 3 heterocycles. The molecule has 0 unspecified atom stereocenters. The molecule has 4 aromatic rings. The second-order valence-corrected chi connectivity index (χ2v) is 8.47. The van der Waals surface area contributed by atoms with E-state index < -0.39 is 0 Å². The Kier molecular flexibility index (Phi) is 7.22. The van der Waals surface area contributed by atoms with Crippen LogP contribution >= 0.6 is 11.3 Å². The van der Waals surface area contributed by atoms with Crippen molar-refractivity contribution in [1.82, 2.24) is 19.7 Å². The largest absolute Gasteiger partial charge is 0.497 e. The highest BCUT2D eigenvalue weighted by molar-refractivity contribution is 7.20. The van der Waals surface area contributed by atoms with Crippen molar-refractivity contribution >= 4 is 44.7 Å². The van der Waals surface area contributed by atoms with Crippen molar-refractivity contribution in [3.8, 4) is 11.6 Å². The number of anilines is 2. The molecule has 0 radical (unpaired) electrons. The van der Waals surface area contributed by atoms with Crippen LogP contribution in [0, 0.1) is 6.92 Å². The Labute approximate surface area is 205 Å². The Bertz CT molecular complexity index is 1360. The summed E-state index contributed by atoms with van der Waals surface area (Å²) in [6, 6.07) is 7.01. The number of fused-ring (bicyclic) bond motifs is 1. The molecule has 11 nitrogen and oxygen atoms in total. The maximum atomic E-state index is 13.0. The summed E-state index contributed by atoms with van der Waals surface area (Å²) in [7, 11) is 4.66. The zero-order valence-corrected chi connectivity index (χ0v) is 20.4. The van der Waals surface area contributed by atoms with Gasteiger partial charge in [-0.25, -0.2) is 4.98 Å². The fraction of sp³-hybridized carbons (Fsp3) is 0.261. The standard InChI is InChI=1S/C23H24N6O5S/c1-13-19-22(34-4)27-17(12-32-2)28-23(19)35-20(13)21(31)26-15-9-24-29(10-15)11-18(30)25-14-5-7-16(33-3)8-6-14/h5-10H,11-12H2,1-4H3,(H,25,30)(H,26,31). The zero-order chi connectivity index (χ0) is 24.9. The van der Waals surface area contributed by atoms with Gasteiger partial charge in [-0.15, -0.1) is 11.3 Å². The van der Waals surface area contributed by atoms with Crippen molar-refractivity contribution in [3.63, 3.8) is 0 Å². The van der Waals surface area contributed by atoms with Crippen molar-refractivity contribution in [2.75, 3.05) is 32.0 Å². The number of nitrogens with zero attached hydrogens (tertiary/aromatic N) is 4. The number of carbonyl (C=O) groups is 2. The number of carbonyl (C=O) groups excluding carboxylic acids is 2. The number of aromatic nitrogens is 4. The molecule has 0 saturated heterocycles. The molecular weight excluding hydrogens is 472 g/mol. The van der Waals surface area contributed by atoms with E-state index in [0.29, 0.717) is 43.9 Å². The molecule has 2 N–H and O–H groups in total. The lowest BCUT2D eigenvalue weighted by atomic mass is 10.2. The van der Waals surface area contributed by atoms with E-state index in [1.165, 1.54) is 29.3 Å². The molecule has 0 bridgehead atoms. The summed E-state index contributed by atoms with van der Waals surface area (Å²) in [5, 5.41) is 10.5. The first-order chi connectivity index (χ1) is 16.9. The van der Waals surface area contributed by atoms with Gasteiger partial charge in [0, 0.05) is 19.0 Å². The summed E-state index contributed by atoms with van der Waals surface area (Å²) in [6.07, 6.45) is 3.07. The Morgan fingerprint density at radius 2 is 1.80 bits per heavy atom. The lowest BCUT2D eigenvalue weighted by Gasteiger charge is -2.06. The molecule has 0 aliphatic rings. The molecule has 35 heavy (non-hydrogen) atoms. The monoisotopic (exact) mass is 496 g/mol. The minimum Gasteiger partial charge on any atom is -0.497 e. The summed E-state index contributed by atoms with van der Waals surface area (Å²) in [5.41, 5.74) is 1.82. The number of amides is 2. The summed E-state index contributed by atoms with van der Waals surface area (Å²) >= 11 is 1.24. The number of thiophene rings is 1. The highest BCUT2D eigenvalue weighted by atomic mass is 32.1. The molecule has 0 aliphatic heterocycles. The van der Waals surface area contributed by atoms with Crippen LogP contribution in [0.2, 0.25) is 0 Å². The van der Waals surface area contributed by atoms with E-state index in [2.05, 4.69) is 25.7 Å². The Morgan fingerprint density at radius 1 is 1.03 bits per heavy atom. The average molecular weight is 497 g/mol. The first kappa shape index (κ1) is 24.1. The van der Waals surface area contributed by atoms with E-state index in [1.54, 1.807) is 44.7 Å². The number of ether oxygens (including phenoxy) is 3. The van der Waals surface area contributed by atoms with E-state index >= 15 is 0 Å². The van der Waals surface area contributed by atoms with Gasteiger partial charge in [0.2, 0.25) is 11.8 Å². The van der Waals surface area contributed by atoms with E-state index in [-0.39, 0.29) is 25.0 Å². The van der Waals surface area contributed by atoms with Gasteiger partial charge in [0.05, 0.1) is 36.4 Å². The fourth-order valence-corrected chi connectivity index (χ4v) is 4.51. The van der Waals surface area contributed by atoms with E-state index in [1.807, 2.05) is 6.92 Å². The van der Waals surface area contributed by atoms with Crippen LogP contribution in [0.4, 0.5) is 11.4 Å². The summed E-state index contributed by atoms with van der Waals surface area (Å²) in [6.45, 7) is 2.04. The molecule has 4 rings (SSSR count). The van der Waals surface area contributed by atoms with Crippen LogP contribution in [-0.2, 0) is 22.7 Å². The third kappa shape index (κ3) is 5.39. The molecule has 182 valence electrons. The van der Waals surface area contributed by atoms with Crippen LogP contribution < -0.4 is 20.1 Å². The normalized spacial score (nSPS) is 10.9. The minimum absolute atomic E-state index is 0.0150. The van der Waals surface area contributed by atoms with Crippen LogP contribution in [0.25, 0.3) is 10.2 Å². The van der Waals surface area contributed by atoms with Crippen LogP contribution in [0.5, 0.6) is 11.6 Å². The van der Waals surface area contributed by atoms with Gasteiger partial charge in [-0.1, -0.05) is 0 Å². The highest BCUT2D eigenvalue weighted by Crippen LogP contribution is 2.35. The van der Waals surface area contributed by atoms with E-state index in [9.17, 15) is 9.59 Å². The highest BCUT2D eigenvalue weighted by Gasteiger charge is 2.21. The number of benzene rings is 1. The first-order valence-corrected chi connectivity index (χ1v) is 11.3. The van der Waals surface area contributed by atoms with Gasteiger partial charge in [0.25, 0.3) is 5.91 Å². The van der Waals surface area contributed by atoms with E-state index in [0.717, 1.165) is 5.56 Å². The quantitative estimate of drug-likeness (QED) is 0.361. The van der Waals surface area contributed by atoms with Gasteiger partial charge in [-0.3, -0.25) is 14.3 Å². The number of aryl methyl sites for hydroxylation is 1. The molecular formula is C23H24N6O5S. The third-order valence-corrected chi connectivity index (χ3v) is 6.23. The van der Waals surface area contributed by atoms with Crippen molar-refractivity contribution in [2.45, 2.75) is 20.1 Å². The number of rotatable bonds is 9. The topological polar surface area (TPSA) is 129 Å². The fourth-order valence-electron chi connectivity index (χ4n) is 3.43. The maximum absolute atomic E-state index is 13.0. The molecule has 0 fully saturated rings. The summed E-state index contributed by atoms with van der Waals surface area (Å²) in [4.78, 5) is 35.3. The number of nitrogens with one attached hydrogen (secondary N) is 2. The number of hydrogen-bond donors (Lipinski definition) is 2. The molecule has 0 saturated carbocycles. The van der Waals surface area contributed by atoms with Crippen molar-refractivity contribution in [1.29, 1.82) is 0 Å². The van der Waals surface area contributed by atoms with E-state index in [4.69, 9.17) is 14.2 Å². The molecule has 2 amide bonds. The van der Waals surface area contributed by atoms with Crippen molar-refractivity contribution < 1.29 is 23.8 Å². The number of methoxy groups -OCH3 is 3. The van der Waals surface area contributed by atoms with Crippen LogP contribution in [0.15, 0.2) is 36.7 Å². The van der Waals surface area contributed by atoms with Crippen LogP contribution in [0.1, 0.15) is 21.1 Å². The Hall–Kier alpha value is -4.03. The second-order valence-electron chi connectivity index (χ2n) is 7.48. The second kappa shape index (κ2) is 10.5. The van der Waals surface area contributed by atoms with Gasteiger partial charge in [-0.05, 0) is 36.8 Å². The predicted molar refractivity (Wildman–Crippen MR) is 131 cm³/mol. The smallest absolute Gasteiger partial charge is 0.266 e. The Balaban J connectivity index is 1.44. The van der Waals surface area contributed by atoms with Gasteiger partial charge in [0.1, 0.15) is 23.7 Å². The van der Waals surface area contributed by atoms with Gasteiger partial charge in [0.15, 0.2) is 5.82 Å². The molecule has 12 heteroatoms. The van der Waals surface area contributed by atoms with Crippen molar-refractivity contribution in [2.24, 2.45) is 0 Å². The SMILES string of the molecule is COCc1nc(OC)c2c(C)c(C(=O)Nc3cnn(CC(=O)Nc4ccc(OC)cc4)c3)sc2n1. The average Bonchev–Trinajstić information content (AvgIpc) is 3.42. The van der Waals surface area contributed by atoms with Gasteiger partial charge >= 0.3 is 0 Å². The lowest BCUT2D eigenvalue weighted by Crippen LogP contribution is -2.19. The zero-order valence-electron chi connectivity index (χ0n) is 19.6. The minimum atomic E-state index is -0.317. The van der Waals surface area contributed by atoms with Crippen LogP contribution in [-0.4, -0.2) is 52.9 Å².